The normalized spacial score (nSPS) is 17.2. The topological polar surface area (TPSA) is 102 Å². The van der Waals surface area contributed by atoms with Crippen LogP contribution in [-0.2, 0) is 4.74 Å². The highest BCUT2D eigenvalue weighted by Crippen LogP contribution is 2.38. The van der Waals surface area contributed by atoms with Gasteiger partial charge in [0.15, 0.2) is 0 Å². The molecule has 3 aromatic rings. The van der Waals surface area contributed by atoms with Gasteiger partial charge in [-0.1, -0.05) is 0 Å². The fraction of sp³-hybridized carbons (Fsp3) is 0.435. The molecule has 9 nitrogen and oxygen atoms in total. The third-order valence-electron chi connectivity index (χ3n) is 6.12. The SMILES string of the molecule is CCOc1nc(Nc2ccc(C(=O)N3CCCC4(COC4)C3)cc2OC)nc2[nH]ccc12. The number of hydrogen-bond donors (Lipinski definition) is 2. The maximum atomic E-state index is 13.2. The molecule has 0 aliphatic carbocycles. The number of aromatic nitrogens is 3. The number of piperidine rings is 1. The van der Waals surface area contributed by atoms with Gasteiger partial charge in [-0.3, -0.25) is 4.79 Å². The first-order chi connectivity index (χ1) is 15.6. The van der Waals surface area contributed by atoms with Crippen LogP contribution in [-0.4, -0.2) is 65.8 Å². The van der Waals surface area contributed by atoms with E-state index < -0.39 is 0 Å². The Morgan fingerprint density at radius 1 is 1.31 bits per heavy atom. The molecule has 0 bridgehead atoms. The third-order valence-corrected chi connectivity index (χ3v) is 6.12. The van der Waals surface area contributed by atoms with Crippen molar-refractivity contribution < 1.29 is 19.0 Å². The number of nitrogens with one attached hydrogen (secondary N) is 2. The summed E-state index contributed by atoms with van der Waals surface area (Å²) in [5.74, 6) is 1.45. The molecule has 2 saturated heterocycles. The summed E-state index contributed by atoms with van der Waals surface area (Å²) in [5, 5.41) is 4.01. The predicted octanol–water partition coefficient (Wildman–Crippen LogP) is 3.36. The van der Waals surface area contributed by atoms with Crippen molar-refractivity contribution in [3.63, 3.8) is 0 Å². The van der Waals surface area contributed by atoms with E-state index in [0.29, 0.717) is 41.1 Å². The van der Waals surface area contributed by atoms with Crippen molar-refractivity contribution >= 4 is 28.6 Å². The molecule has 2 aromatic heterocycles. The monoisotopic (exact) mass is 437 g/mol. The second-order valence-electron chi connectivity index (χ2n) is 8.39. The lowest BCUT2D eigenvalue weighted by molar-refractivity contribution is -0.138. The van der Waals surface area contributed by atoms with Crippen LogP contribution in [0.15, 0.2) is 30.5 Å². The minimum Gasteiger partial charge on any atom is -0.495 e. The summed E-state index contributed by atoms with van der Waals surface area (Å²) in [6, 6.07) is 7.27. The molecule has 2 fully saturated rings. The van der Waals surface area contributed by atoms with Crippen LogP contribution in [0.3, 0.4) is 0 Å². The summed E-state index contributed by atoms with van der Waals surface area (Å²) in [6.07, 6.45) is 3.93. The van der Waals surface area contributed by atoms with Crippen LogP contribution in [0.5, 0.6) is 11.6 Å². The van der Waals surface area contributed by atoms with Crippen LogP contribution < -0.4 is 14.8 Å². The number of likely N-dealkylation sites (tertiary alicyclic amines) is 1. The number of rotatable bonds is 6. The molecule has 1 spiro atoms. The Morgan fingerprint density at radius 3 is 2.94 bits per heavy atom. The number of ether oxygens (including phenoxy) is 3. The Kier molecular flexibility index (Phi) is 5.34. The molecule has 168 valence electrons. The fourth-order valence-corrected chi connectivity index (χ4v) is 4.45. The second kappa shape index (κ2) is 8.31. The maximum Gasteiger partial charge on any atom is 0.254 e. The van der Waals surface area contributed by atoms with Crippen LogP contribution in [0.1, 0.15) is 30.1 Å². The molecule has 0 radical (unpaired) electrons. The van der Waals surface area contributed by atoms with Crippen molar-refractivity contribution in [1.29, 1.82) is 0 Å². The van der Waals surface area contributed by atoms with E-state index in [-0.39, 0.29) is 11.3 Å². The van der Waals surface area contributed by atoms with Gasteiger partial charge in [0.2, 0.25) is 11.8 Å². The molecular formula is C23H27N5O4. The predicted molar refractivity (Wildman–Crippen MR) is 120 cm³/mol. The number of amides is 1. The number of carbonyl (C=O) groups excluding carboxylic acids is 1. The molecule has 2 aliphatic heterocycles. The highest BCUT2D eigenvalue weighted by molar-refractivity contribution is 5.95. The third kappa shape index (κ3) is 3.73. The molecule has 9 heteroatoms. The van der Waals surface area contributed by atoms with E-state index in [1.165, 1.54) is 0 Å². The molecule has 0 saturated carbocycles. The van der Waals surface area contributed by atoms with Gasteiger partial charge in [-0.2, -0.15) is 9.97 Å². The lowest BCUT2D eigenvalue weighted by atomic mass is 9.78. The van der Waals surface area contributed by atoms with Crippen molar-refractivity contribution in [2.75, 3.05) is 45.3 Å². The van der Waals surface area contributed by atoms with Crippen LogP contribution in [0.4, 0.5) is 11.6 Å². The Hall–Kier alpha value is -3.33. The van der Waals surface area contributed by atoms with E-state index in [0.717, 1.165) is 44.5 Å². The van der Waals surface area contributed by atoms with Gasteiger partial charge in [0.1, 0.15) is 11.4 Å². The van der Waals surface area contributed by atoms with Gasteiger partial charge in [-0.15, -0.1) is 0 Å². The average Bonchev–Trinajstić information content (AvgIpc) is 3.27. The number of methoxy groups -OCH3 is 1. The van der Waals surface area contributed by atoms with Gasteiger partial charge in [0, 0.05) is 30.3 Å². The molecule has 1 amide bonds. The summed E-state index contributed by atoms with van der Waals surface area (Å²) in [7, 11) is 1.58. The summed E-state index contributed by atoms with van der Waals surface area (Å²) in [5.41, 5.74) is 2.09. The smallest absolute Gasteiger partial charge is 0.254 e. The van der Waals surface area contributed by atoms with Crippen molar-refractivity contribution in [2.45, 2.75) is 19.8 Å². The number of benzene rings is 1. The number of H-pyrrole nitrogens is 1. The zero-order valence-electron chi connectivity index (χ0n) is 18.3. The van der Waals surface area contributed by atoms with E-state index in [2.05, 4.69) is 20.3 Å². The van der Waals surface area contributed by atoms with Crippen molar-refractivity contribution in [2.24, 2.45) is 5.41 Å². The van der Waals surface area contributed by atoms with E-state index in [1.54, 1.807) is 19.4 Å². The molecule has 0 atom stereocenters. The van der Waals surface area contributed by atoms with E-state index in [4.69, 9.17) is 14.2 Å². The lowest BCUT2D eigenvalue weighted by Gasteiger charge is -2.48. The summed E-state index contributed by atoms with van der Waals surface area (Å²) >= 11 is 0. The minimum absolute atomic E-state index is 0.0171. The van der Waals surface area contributed by atoms with E-state index in [1.807, 2.05) is 30.0 Å². The maximum absolute atomic E-state index is 13.2. The second-order valence-corrected chi connectivity index (χ2v) is 8.39. The standard InChI is InChI=1S/C23H27N5O4/c1-3-32-20-16-7-9-24-19(16)26-22(27-20)25-17-6-5-15(11-18(17)30-2)21(29)28-10-4-8-23(12-28)13-31-14-23/h5-7,9,11H,3-4,8,10,12-14H2,1-2H3,(H2,24,25,26,27). The first-order valence-electron chi connectivity index (χ1n) is 10.9. The average molecular weight is 438 g/mol. The Bertz CT molecular complexity index is 1140. The van der Waals surface area contributed by atoms with Gasteiger partial charge >= 0.3 is 0 Å². The van der Waals surface area contributed by atoms with Crippen LogP contribution in [0.25, 0.3) is 11.0 Å². The molecule has 2 N–H and O–H groups in total. The van der Waals surface area contributed by atoms with Crippen LogP contribution >= 0.6 is 0 Å². The molecule has 1 aromatic carbocycles. The lowest BCUT2D eigenvalue weighted by Crippen LogP contribution is -2.55. The molecule has 4 heterocycles. The fourth-order valence-electron chi connectivity index (χ4n) is 4.45. The molecule has 0 unspecified atom stereocenters. The first kappa shape index (κ1) is 20.6. The molecule has 2 aliphatic rings. The number of aromatic amines is 1. The van der Waals surface area contributed by atoms with Crippen LogP contribution in [0, 0.1) is 5.41 Å². The summed E-state index contributed by atoms with van der Waals surface area (Å²) in [6.45, 7) is 5.43. The quantitative estimate of drug-likeness (QED) is 0.610. The van der Waals surface area contributed by atoms with E-state index >= 15 is 0 Å². The van der Waals surface area contributed by atoms with Gasteiger partial charge in [-0.05, 0) is 44.0 Å². The van der Waals surface area contributed by atoms with Crippen molar-refractivity contribution in [1.82, 2.24) is 19.9 Å². The Morgan fingerprint density at radius 2 is 2.19 bits per heavy atom. The number of anilines is 2. The van der Waals surface area contributed by atoms with Gasteiger partial charge in [-0.25, -0.2) is 0 Å². The van der Waals surface area contributed by atoms with E-state index in [9.17, 15) is 4.79 Å². The molecule has 5 rings (SSSR count). The van der Waals surface area contributed by atoms with Gasteiger partial charge in [0.05, 0.1) is 38.0 Å². The van der Waals surface area contributed by atoms with Crippen molar-refractivity contribution in [3.05, 3.63) is 36.0 Å². The Labute approximate surface area is 186 Å². The zero-order chi connectivity index (χ0) is 22.1. The van der Waals surface area contributed by atoms with Gasteiger partial charge < -0.3 is 29.4 Å². The summed E-state index contributed by atoms with van der Waals surface area (Å²) in [4.78, 5) is 27.2. The highest BCUT2D eigenvalue weighted by atomic mass is 16.5. The molecule has 32 heavy (non-hydrogen) atoms. The number of fused-ring (bicyclic) bond motifs is 1. The largest absolute Gasteiger partial charge is 0.495 e. The molecular weight excluding hydrogens is 410 g/mol. The highest BCUT2D eigenvalue weighted by Gasteiger charge is 2.43. The first-order valence-corrected chi connectivity index (χ1v) is 10.9. The van der Waals surface area contributed by atoms with Crippen LogP contribution in [0.2, 0.25) is 0 Å². The number of nitrogens with zero attached hydrogens (tertiary/aromatic N) is 3. The minimum atomic E-state index is 0.0171. The number of hydrogen-bond acceptors (Lipinski definition) is 7. The number of carbonyl (C=O) groups is 1. The van der Waals surface area contributed by atoms with Gasteiger partial charge in [0.25, 0.3) is 5.91 Å². The summed E-state index contributed by atoms with van der Waals surface area (Å²) < 4.78 is 16.6. The zero-order valence-corrected chi connectivity index (χ0v) is 18.3. The Balaban J connectivity index is 1.38. The van der Waals surface area contributed by atoms with Crippen molar-refractivity contribution in [3.8, 4) is 11.6 Å².